The summed E-state index contributed by atoms with van der Waals surface area (Å²) in [5.41, 5.74) is 2.85. The van der Waals surface area contributed by atoms with Crippen LogP contribution in [0.4, 0.5) is 0 Å². The van der Waals surface area contributed by atoms with Crippen LogP contribution in [0.15, 0.2) is 24.3 Å². The van der Waals surface area contributed by atoms with Crippen molar-refractivity contribution >= 4 is 0 Å². The van der Waals surface area contributed by atoms with Crippen LogP contribution in [0.25, 0.3) is 0 Å². The van der Waals surface area contributed by atoms with Gasteiger partial charge in [-0.05, 0) is 50.3 Å². The second-order valence-electron chi connectivity index (χ2n) is 6.12. The van der Waals surface area contributed by atoms with Crippen molar-refractivity contribution in [3.63, 3.8) is 0 Å². The van der Waals surface area contributed by atoms with Gasteiger partial charge in [0.25, 0.3) is 0 Å². The van der Waals surface area contributed by atoms with Crippen LogP contribution in [-0.4, -0.2) is 30.1 Å². The Morgan fingerprint density at radius 2 is 2.00 bits per heavy atom. The molecule has 3 atom stereocenters. The maximum atomic E-state index is 3.86. The Bertz CT molecular complexity index is 412. The van der Waals surface area contributed by atoms with Gasteiger partial charge < -0.3 is 5.32 Å². The van der Waals surface area contributed by atoms with Gasteiger partial charge in [0, 0.05) is 24.7 Å². The fraction of sp³-hybridized carbons (Fsp3) is 0.647. The number of benzene rings is 1. The molecule has 0 aromatic heterocycles. The van der Waals surface area contributed by atoms with Gasteiger partial charge in [0.2, 0.25) is 0 Å². The SMILES string of the molecule is CCc1ccc(C(C)NC2CCN3CCCC23)cc1. The molecule has 2 saturated heterocycles. The van der Waals surface area contributed by atoms with Gasteiger partial charge in [-0.3, -0.25) is 4.90 Å². The summed E-state index contributed by atoms with van der Waals surface area (Å²) in [6.45, 7) is 7.13. The summed E-state index contributed by atoms with van der Waals surface area (Å²) >= 11 is 0. The molecule has 0 aliphatic carbocycles. The van der Waals surface area contributed by atoms with E-state index in [1.165, 1.54) is 43.5 Å². The molecule has 1 aromatic rings. The number of hydrogen-bond acceptors (Lipinski definition) is 2. The fourth-order valence-electron chi connectivity index (χ4n) is 3.74. The molecule has 0 radical (unpaired) electrons. The lowest BCUT2D eigenvalue weighted by Crippen LogP contribution is -2.40. The van der Waals surface area contributed by atoms with E-state index in [0.717, 1.165) is 12.5 Å². The zero-order valence-corrected chi connectivity index (χ0v) is 12.2. The predicted octanol–water partition coefficient (Wildman–Crippen LogP) is 3.14. The number of nitrogens with one attached hydrogen (secondary N) is 1. The van der Waals surface area contributed by atoms with Gasteiger partial charge in [0.15, 0.2) is 0 Å². The fourth-order valence-corrected chi connectivity index (χ4v) is 3.74. The van der Waals surface area contributed by atoms with Crippen LogP contribution < -0.4 is 5.32 Å². The molecule has 0 spiro atoms. The molecule has 0 bridgehead atoms. The minimum atomic E-state index is 0.469. The molecule has 0 saturated carbocycles. The largest absolute Gasteiger partial charge is 0.306 e. The van der Waals surface area contributed by atoms with Gasteiger partial charge >= 0.3 is 0 Å². The maximum Gasteiger partial charge on any atom is 0.0295 e. The number of aryl methyl sites for hydroxylation is 1. The van der Waals surface area contributed by atoms with E-state index in [2.05, 4.69) is 48.3 Å². The molecule has 2 nitrogen and oxygen atoms in total. The third kappa shape index (κ3) is 2.70. The van der Waals surface area contributed by atoms with Crippen molar-refractivity contribution in [1.29, 1.82) is 0 Å². The number of hydrogen-bond donors (Lipinski definition) is 1. The maximum absolute atomic E-state index is 3.86. The van der Waals surface area contributed by atoms with Gasteiger partial charge in [-0.2, -0.15) is 0 Å². The van der Waals surface area contributed by atoms with E-state index in [-0.39, 0.29) is 0 Å². The molecular weight excluding hydrogens is 232 g/mol. The summed E-state index contributed by atoms with van der Waals surface area (Å²) in [6, 6.07) is 11.1. The van der Waals surface area contributed by atoms with Crippen molar-refractivity contribution in [2.24, 2.45) is 0 Å². The monoisotopic (exact) mass is 258 g/mol. The Balaban J connectivity index is 1.62. The molecular formula is C17H26N2. The van der Waals surface area contributed by atoms with E-state index in [1.807, 2.05) is 0 Å². The first kappa shape index (κ1) is 13.1. The molecule has 0 amide bonds. The highest BCUT2D eigenvalue weighted by Crippen LogP contribution is 2.29. The third-order valence-corrected chi connectivity index (χ3v) is 4.96. The Morgan fingerprint density at radius 1 is 1.21 bits per heavy atom. The summed E-state index contributed by atoms with van der Waals surface area (Å²) in [5, 5.41) is 3.86. The Hall–Kier alpha value is -0.860. The van der Waals surface area contributed by atoms with Gasteiger partial charge in [-0.15, -0.1) is 0 Å². The molecule has 2 heteroatoms. The molecule has 1 aromatic carbocycles. The number of fused-ring (bicyclic) bond motifs is 1. The lowest BCUT2D eigenvalue weighted by Gasteiger charge is -2.25. The van der Waals surface area contributed by atoms with Crippen LogP contribution in [0.3, 0.4) is 0 Å². The number of nitrogens with zero attached hydrogens (tertiary/aromatic N) is 1. The van der Waals surface area contributed by atoms with Crippen molar-refractivity contribution in [2.45, 2.75) is 57.7 Å². The Kier molecular flexibility index (Phi) is 3.90. The average Bonchev–Trinajstić information content (AvgIpc) is 3.04. The highest BCUT2D eigenvalue weighted by molar-refractivity contribution is 5.25. The van der Waals surface area contributed by atoms with Crippen LogP contribution in [-0.2, 0) is 6.42 Å². The molecule has 2 aliphatic heterocycles. The normalized spacial score (nSPS) is 28.5. The van der Waals surface area contributed by atoms with E-state index >= 15 is 0 Å². The zero-order chi connectivity index (χ0) is 13.2. The van der Waals surface area contributed by atoms with Crippen molar-refractivity contribution in [2.75, 3.05) is 13.1 Å². The van der Waals surface area contributed by atoms with E-state index in [9.17, 15) is 0 Å². The second kappa shape index (κ2) is 5.64. The molecule has 2 heterocycles. The predicted molar refractivity (Wildman–Crippen MR) is 80.4 cm³/mol. The third-order valence-electron chi connectivity index (χ3n) is 4.96. The van der Waals surface area contributed by atoms with Crippen molar-refractivity contribution in [3.05, 3.63) is 35.4 Å². The van der Waals surface area contributed by atoms with Crippen molar-refractivity contribution < 1.29 is 0 Å². The van der Waals surface area contributed by atoms with Crippen LogP contribution in [0.5, 0.6) is 0 Å². The lowest BCUT2D eigenvalue weighted by molar-refractivity contribution is 0.291. The summed E-state index contributed by atoms with van der Waals surface area (Å²) in [6.07, 6.45) is 5.23. The summed E-state index contributed by atoms with van der Waals surface area (Å²) < 4.78 is 0. The van der Waals surface area contributed by atoms with Crippen molar-refractivity contribution in [1.82, 2.24) is 10.2 Å². The highest BCUT2D eigenvalue weighted by atomic mass is 15.2. The number of rotatable bonds is 4. The molecule has 3 rings (SSSR count). The summed E-state index contributed by atoms with van der Waals surface area (Å²) in [7, 11) is 0. The molecule has 2 fully saturated rings. The zero-order valence-electron chi connectivity index (χ0n) is 12.2. The molecule has 104 valence electrons. The van der Waals surface area contributed by atoms with Crippen LogP contribution in [0, 0.1) is 0 Å². The Labute approximate surface area is 117 Å². The van der Waals surface area contributed by atoms with Gasteiger partial charge in [-0.1, -0.05) is 31.2 Å². The first-order valence-electron chi connectivity index (χ1n) is 7.87. The van der Waals surface area contributed by atoms with Crippen LogP contribution >= 0.6 is 0 Å². The second-order valence-corrected chi connectivity index (χ2v) is 6.12. The van der Waals surface area contributed by atoms with Gasteiger partial charge in [0.1, 0.15) is 0 Å². The minimum absolute atomic E-state index is 0.469. The van der Waals surface area contributed by atoms with Crippen LogP contribution in [0.2, 0.25) is 0 Å². The summed E-state index contributed by atoms with van der Waals surface area (Å²) in [4.78, 5) is 2.67. The average molecular weight is 258 g/mol. The smallest absolute Gasteiger partial charge is 0.0295 e. The van der Waals surface area contributed by atoms with E-state index in [0.29, 0.717) is 12.1 Å². The molecule has 3 unspecified atom stereocenters. The summed E-state index contributed by atoms with van der Waals surface area (Å²) in [5.74, 6) is 0. The van der Waals surface area contributed by atoms with Crippen molar-refractivity contribution in [3.8, 4) is 0 Å². The van der Waals surface area contributed by atoms with Gasteiger partial charge in [-0.25, -0.2) is 0 Å². The Morgan fingerprint density at radius 3 is 2.74 bits per heavy atom. The quantitative estimate of drug-likeness (QED) is 0.892. The van der Waals surface area contributed by atoms with E-state index in [1.54, 1.807) is 0 Å². The topological polar surface area (TPSA) is 15.3 Å². The first-order chi connectivity index (χ1) is 9.28. The standard InChI is InChI=1S/C17H26N2/c1-3-14-6-8-15(9-7-14)13(2)18-16-10-12-19-11-4-5-17(16)19/h6-9,13,16-18H,3-5,10-12H2,1-2H3. The molecule has 1 N–H and O–H groups in total. The molecule has 19 heavy (non-hydrogen) atoms. The van der Waals surface area contributed by atoms with Crippen LogP contribution in [0.1, 0.15) is 50.3 Å². The molecule has 2 aliphatic rings. The highest BCUT2D eigenvalue weighted by Gasteiger charge is 2.37. The lowest BCUT2D eigenvalue weighted by atomic mass is 10.0. The van der Waals surface area contributed by atoms with E-state index < -0.39 is 0 Å². The minimum Gasteiger partial charge on any atom is -0.306 e. The first-order valence-corrected chi connectivity index (χ1v) is 7.87. The van der Waals surface area contributed by atoms with E-state index in [4.69, 9.17) is 0 Å². The van der Waals surface area contributed by atoms with Gasteiger partial charge in [0.05, 0.1) is 0 Å².